The monoisotopic (exact) mass is 262 g/mol. The standard InChI is InChI=1S/C16H26N2O/c1-4-17-11-13-12-18-10-7-15(13)19-14-5-8-16(2,3)9-6-14/h7,10,12,14,17H,4-6,8-9,11H2,1-3H3. The van der Waals surface area contributed by atoms with Crippen molar-refractivity contribution in [2.24, 2.45) is 5.41 Å². The molecule has 1 aromatic rings. The third-order valence-corrected chi connectivity index (χ3v) is 4.00. The molecule has 1 N–H and O–H groups in total. The third-order valence-electron chi connectivity index (χ3n) is 4.00. The zero-order chi connectivity index (χ0) is 13.7. The van der Waals surface area contributed by atoms with E-state index in [0.717, 1.165) is 37.2 Å². The van der Waals surface area contributed by atoms with Crippen LogP contribution in [-0.4, -0.2) is 17.6 Å². The van der Waals surface area contributed by atoms with Crippen LogP contribution >= 0.6 is 0 Å². The molecule has 0 aromatic carbocycles. The number of hydrogen-bond acceptors (Lipinski definition) is 3. The molecule has 1 aliphatic rings. The first kappa shape index (κ1) is 14.3. The predicted molar refractivity (Wildman–Crippen MR) is 78.3 cm³/mol. The highest BCUT2D eigenvalue weighted by Crippen LogP contribution is 2.36. The SMILES string of the molecule is CCNCc1cnccc1OC1CCC(C)(C)CC1. The fraction of sp³-hybridized carbons (Fsp3) is 0.688. The molecular weight excluding hydrogens is 236 g/mol. The lowest BCUT2D eigenvalue weighted by Crippen LogP contribution is -2.28. The molecule has 0 unspecified atom stereocenters. The van der Waals surface area contributed by atoms with Crippen molar-refractivity contribution >= 4 is 0 Å². The number of ether oxygens (including phenoxy) is 1. The summed E-state index contributed by atoms with van der Waals surface area (Å²) in [6, 6.07) is 1.99. The molecule has 0 saturated heterocycles. The molecule has 3 heteroatoms. The highest BCUT2D eigenvalue weighted by molar-refractivity contribution is 5.30. The first-order valence-electron chi connectivity index (χ1n) is 7.41. The molecule has 1 aromatic heterocycles. The average Bonchev–Trinajstić information content (AvgIpc) is 2.40. The summed E-state index contributed by atoms with van der Waals surface area (Å²) in [7, 11) is 0. The van der Waals surface area contributed by atoms with Crippen LogP contribution in [0.1, 0.15) is 52.0 Å². The highest BCUT2D eigenvalue weighted by Gasteiger charge is 2.28. The number of aromatic nitrogens is 1. The third kappa shape index (κ3) is 4.20. The first-order chi connectivity index (χ1) is 9.11. The molecule has 0 spiro atoms. The van der Waals surface area contributed by atoms with Crippen molar-refractivity contribution in [3.63, 3.8) is 0 Å². The number of nitrogens with one attached hydrogen (secondary N) is 1. The maximum atomic E-state index is 6.20. The van der Waals surface area contributed by atoms with E-state index < -0.39 is 0 Å². The Hall–Kier alpha value is -1.09. The van der Waals surface area contributed by atoms with Gasteiger partial charge in [-0.25, -0.2) is 0 Å². The van der Waals surface area contributed by atoms with Crippen molar-refractivity contribution < 1.29 is 4.74 Å². The van der Waals surface area contributed by atoms with Gasteiger partial charge in [-0.2, -0.15) is 0 Å². The molecule has 106 valence electrons. The lowest BCUT2D eigenvalue weighted by Gasteiger charge is -2.34. The van der Waals surface area contributed by atoms with Crippen LogP contribution in [0.25, 0.3) is 0 Å². The number of nitrogens with zero attached hydrogens (tertiary/aromatic N) is 1. The Labute approximate surface area is 116 Å². The summed E-state index contributed by atoms with van der Waals surface area (Å²) < 4.78 is 6.20. The van der Waals surface area contributed by atoms with Gasteiger partial charge < -0.3 is 10.1 Å². The van der Waals surface area contributed by atoms with Gasteiger partial charge in [0, 0.05) is 24.5 Å². The normalized spacial score (nSPS) is 19.3. The van der Waals surface area contributed by atoms with E-state index in [1.807, 2.05) is 18.5 Å². The molecule has 0 amide bonds. The molecular formula is C16H26N2O. The molecule has 3 nitrogen and oxygen atoms in total. The fourth-order valence-electron chi connectivity index (χ4n) is 2.59. The minimum absolute atomic E-state index is 0.371. The molecule has 0 atom stereocenters. The Morgan fingerprint density at radius 2 is 2.11 bits per heavy atom. The lowest BCUT2D eigenvalue weighted by atomic mass is 9.76. The molecule has 0 aliphatic heterocycles. The topological polar surface area (TPSA) is 34.2 Å². The van der Waals surface area contributed by atoms with Crippen LogP contribution < -0.4 is 10.1 Å². The van der Waals surface area contributed by atoms with Crippen LogP contribution in [0, 0.1) is 5.41 Å². The van der Waals surface area contributed by atoms with E-state index in [1.54, 1.807) is 0 Å². The van der Waals surface area contributed by atoms with E-state index in [9.17, 15) is 0 Å². The number of rotatable bonds is 5. The summed E-state index contributed by atoms with van der Waals surface area (Å²) in [6.45, 7) is 8.61. The lowest BCUT2D eigenvalue weighted by molar-refractivity contribution is 0.0977. The summed E-state index contributed by atoms with van der Waals surface area (Å²) in [4.78, 5) is 4.19. The van der Waals surface area contributed by atoms with E-state index in [0.29, 0.717) is 11.5 Å². The molecule has 1 saturated carbocycles. The predicted octanol–water partition coefficient (Wildman–Crippen LogP) is 3.54. The van der Waals surface area contributed by atoms with E-state index in [2.05, 4.69) is 31.1 Å². The molecule has 0 bridgehead atoms. The second-order valence-corrected chi connectivity index (χ2v) is 6.25. The Bertz CT molecular complexity index is 393. The van der Waals surface area contributed by atoms with E-state index >= 15 is 0 Å². The van der Waals surface area contributed by atoms with Gasteiger partial charge in [-0.1, -0.05) is 20.8 Å². The van der Waals surface area contributed by atoms with Gasteiger partial charge in [0.2, 0.25) is 0 Å². The molecule has 0 radical (unpaired) electrons. The summed E-state index contributed by atoms with van der Waals surface area (Å²) >= 11 is 0. The van der Waals surface area contributed by atoms with Crippen molar-refractivity contribution in [1.29, 1.82) is 0 Å². The van der Waals surface area contributed by atoms with Gasteiger partial charge in [0.25, 0.3) is 0 Å². The second-order valence-electron chi connectivity index (χ2n) is 6.25. The smallest absolute Gasteiger partial charge is 0.127 e. The summed E-state index contributed by atoms with van der Waals surface area (Å²) in [5.41, 5.74) is 1.65. The maximum Gasteiger partial charge on any atom is 0.127 e. The minimum atomic E-state index is 0.371. The van der Waals surface area contributed by atoms with Crippen LogP contribution in [0.3, 0.4) is 0 Å². The Kier molecular flexibility index (Phi) is 4.81. The first-order valence-corrected chi connectivity index (χ1v) is 7.41. The van der Waals surface area contributed by atoms with Crippen LogP contribution in [0.15, 0.2) is 18.5 Å². The van der Waals surface area contributed by atoms with Gasteiger partial charge in [0.05, 0.1) is 6.10 Å². The zero-order valence-corrected chi connectivity index (χ0v) is 12.4. The Balaban J connectivity index is 1.95. The van der Waals surface area contributed by atoms with Gasteiger partial charge in [0.15, 0.2) is 0 Å². The van der Waals surface area contributed by atoms with E-state index in [-0.39, 0.29) is 0 Å². The van der Waals surface area contributed by atoms with Crippen molar-refractivity contribution in [2.45, 2.75) is 59.1 Å². The van der Waals surface area contributed by atoms with E-state index in [4.69, 9.17) is 4.74 Å². The average molecular weight is 262 g/mol. The van der Waals surface area contributed by atoms with Crippen LogP contribution in [0.4, 0.5) is 0 Å². The van der Waals surface area contributed by atoms with Crippen LogP contribution in [0.2, 0.25) is 0 Å². The van der Waals surface area contributed by atoms with Crippen molar-refractivity contribution in [3.8, 4) is 5.75 Å². The number of hydrogen-bond donors (Lipinski definition) is 1. The minimum Gasteiger partial charge on any atom is -0.490 e. The molecule has 1 aliphatic carbocycles. The summed E-state index contributed by atoms with van der Waals surface area (Å²) in [5, 5.41) is 3.34. The largest absolute Gasteiger partial charge is 0.490 e. The molecule has 1 fully saturated rings. The maximum absolute atomic E-state index is 6.20. The van der Waals surface area contributed by atoms with Gasteiger partial charge in [-0.15, -0.1) is 0 Å². The molecule has 19 heavy (non-hydrogen) atoms. The molecule has 1 heterocycles. The quantitative estimate of drug-likeness (QED) is 0.881. The van der Waals surface area contributed by atoms with Gasteiger partial charge >= 0.3 is 0 Å². The van der Waals surface area contributed by atoms with Crippen molar-refractivity contribution in [1.82, 2.24) is 10.3 Å². The van der Waals surface area contributed by atoms with Crippen LogP contribution in [0.5, 0.6) is 5.75 Å². The number of pyridine rings is 1. The summed E-state index contributed by atoms with van der Waals surface area (Å²) in [6.07, 6.45) is 8.93. The van der Waals surface area contributed by atoms with Crippen molar-refractivity contribution in [3.05, 3.63) is 24.0 Å². The highest BCUT2D eigenvalue weighted by atomic mass is 16.5. The Morgan fingerprint density at radius 3 is 2.79 bits per heavy atom. The van der Waals surface area contributed by atoms with Crippen molar-refractivity contribution in [2.75, 3.05) is 6.54 Å². The Morgan fingerprint density at radius 1 is 1.37 bits per heavy atom. The van der Waals surface area contributed by atoms with Gasteiger partial charge in [0.1, 0.15) is 5.75 Å². The molecule has 2 rings (SSSR count). The van der Waals surface area contributed by atoms with E-state index in [1.165, 1.54) is 12.8 Å². The van der Waals surface area contributed by atoms with Gasteiger partial charge in [-0.05, 0) is 43.7 Å². The summed E-state index contributed by atoms with van der Waals surface area (Å²) in [5.74, 6) is 1.00. The second kappa shape index (κ2) is 6.38. The van der Waals surface area contributed by atoms with Gasteiger partial charge in [-0.3, -0.25) is 4.98 Å². The fourth-order valence-corrected chi connectivity index (χ4v) is 2.59. The zero-order valence-electron chi connectivity index (χ0n) is 12.4. The van der Waals surface area contributed by atoms with Crippen LogP contribution in [-0.2, 0) is 6.54 Å².